The van der Waals surface area contributed by atoms with Crippen molar-refractivity contribution in [2.24, 2.45) is 0 Å². The number of unbranched alkanes of at least 4 members (excludes halogenated alkanes) is 1. The number of rotatable bonds is 7. The molecule has 0 saturated heterocycles. The van der Waals surface area contributed by atoms with Crippen molar-refractivity contribution in [1.82, 2.24) is 0 Å². The third-order valence-electron chi connectivity index (χ3n) is 3.19. The average Bonchev–Trinajstić information content (AvgIpc) is 2.48. The fourth-order valence-electron chi connectivity index (χ4n) is 2.09. The summed E-state index contributed by atoms with van der Waals surface area (Å²) in [7, 11) is 0. The second-order valence-corrected chi connectivity index (χ2v) is 5.07. The summed E-state index contributed by atoms with van der Waals surface area (Å²) in [5.41, 5.74) is 2.02. The molecule has 2 aromatic rings. The number of aryl methyl sites for hydroxylation is 1. The monoisotopic (exact) mass is 290 g/mol. The van der Waals surface area contributed by atoms with Crippen LogP contribution in [0.1, 0.15) is 24.0 Å². The van der Waals surface area contributed by atoms with Gasteiger partial charge in [0.05, 0.1) is 13.2 Å². The van der Waals surface area contributed by atoms with Crippen LogP contribution in [0.25, 0.3) is 0 Å². The molecule has 0 aliphatic heterocycles. The Labute approximate surface area is 125 Å². The van der Waals surface area contributed by atoms with Crippen molar-refractivity contribution >= 4 is 11.6 Å². The van der Waals surface area contributed by atoms with Gasteiger partial charge in [0, 0.05) is 10.6 Å². The van der Waals surface area contributed by atoms with Crippen molar-refractivity contribution in [1.29, 1.82) is 0 Å². The molecule has 20 heavy (non-hydrogen) atoms. The van der Waals surface area contributed by atoms with E-state index in [0.29, 0.717) is 22.9 Å². The van der Waals surface area contributed by atoms with Crippen LogP contribution in [0.5, 0.6) is 5.75 Å². The Balaban J connectivity index is 1.75. The predicted molar refractivity (Wildman–Crippen MR) is 82.2 cm³/mol. The summed E-state index contributed by atoms with van der Waals surface area (Å²) in [6.07, 6.45) is 3.12. The number of aliphatic hydroxyl groups is 1. The Hall–Kier alpha value is -1.51. The molecule has 3 heteroatoms. The molecule has 106 valence electrons. The van der Waals surface area contributed by atoms with Gasteiger partial charge in [-0.2, -0.15) is 0 Å². The largest absolute Gasteiger partial charge is 0.493 e. The minimum Gasteiger partial charge on any atom is -0.493 e. The van der Waals surface area contributed by atoms with Crippen molar-refractivity contribution < 1.29 is 9.84 Å². The molecule has 0 unspecified atom stereocenters. The van der Waals surface area contributed by atoms with Crippen LogP contribution in [0.4, 0.5) is 0 Å². The van der Waals surface area contributed by atoms with E-state index in [1.54, 1.807) is 6.07 Å². The molecule has 2 nitrogen and oxygen atoms in total. The lowest BCUT2D eigenvalue weighted by Gasteiger charge is -2.11. The summed E-state index contributed by atoms with van der Waals surface area (Å²) in [6.45, 7) is 0.541. The van der Waals surface area contributed by atoms with Gasteiger partial charge in [0.2, 0.25) is 0 Å². The van der Waals surface area contributed by atoms with E-state index in [1.807, 2.05) is 18.2 Å². The van der Waals surface area contributed by atoms with Gasteiger partial charge < -0.3 is 9.84 Å². The zero-order valence-corrected chi connectivity index (χ0v) is 12.1. The van der Waals surface area contributed by atoms with Crippen molar-refractivity contribution in [2.75, 3.05) is 6.61 Å². The van der Waals surface area contributed by atoms with Gasteiger partial charge in [-0.1, -0.05) is 48.0 Å². The summed E-state index contributed by atoms with van der Waals surface area (Å²) in [5.74, 6) is 0.680. The highest BCUT2D eigenvalue weighted by Gasteiger charge is 2.06. The highest BCUT2D eigenvalue weighted by atomic mass is 35.5. The third-order valence-corrected chi connectivity index (χ3v) is 3.55. The molecule has 0 atom stereocenters. The summed E-state index contributed by atoms with van der Waals surface area (Å²) in [4.78, 5) is 0. The van der Waals surface area contributed by atoms with Gasteiger partial charge in [0.25, 0.3) is 0 Å². The Morgan fingerprint density at radius 3 is 2.50 bits per heavy atom. The van der Waals surface area contributed by atoms with Gasteiger partial charge >= 0.3 is 0 Å². The summed E-state index contributed by atoms with van der Waals surface area (Å²) >= 11 is 6.01. The molecular weight excluding hydrogens is 272 g/mol. The number of ether oxygens (including phenoxy) is 1. The fourth-order valence-corrected chi connectivity index (χ4v) is 2.31. The predicted octanol–water partition coefficient (Wildman–Crippen LogP) is 4.23. The van der Waals surface area contributed by atoms with Gasteiger partial charge in [-0.05, 0) is 37.0 Å². The lowest BCUT2D eigenvalue weighted by atomic mass is 10.1. The van der Waals surface area contributed by atoms with Crippen molar-refractivity contribution in [3.63, 3.8) is 0 Å². The van der Waals surface area contributed by atoms with Gasteiger partial charge in [0.1, 0.15) is 5.75 Å². The Morgan fingerprint density at radius 1 is 0.950 bits per heavy atom. The van der Waals surface area contributed by atoms with E-state index in [9.17, 15) is 5.11 Å². The zero-order valence-electron chi connectivity index (χ0n) is 11.4. The van der Waals surface area contributed by atoms with Crippen molar-refractivity contribution in [2.45, 2.75) is 25.9 Å². The molecule has 0 aliphatic carbocycles. The van der Waals surface area contributed by atoms with Crippen LogP contribution >= 0.6 is 11.6 Å². The van der Waals surface area contributed by atoms with Gasteiger partial charge in [-0.15, -0.1) is 0 Å². The molecule has 1 N–H and O–H groups in total. The molecule has 2 aromatic carbocycles. The highest BCUT2D eigenvalue weighted by molar-refractivity contribution is 6.31. The smallest absolute Gasteiger partial charge is 0.126 e. The van der Waals surface area contributed by atoms with E-state index in [4.69, 9.17) is 16.3 Å². The average molecular weight is 291 g/mol. The maximum atomic E-state index is 9.29. The van der Waals surface area contributed by atoms with Crippen LogP contribution in [-0.4, -0.2) is 11.7 Å². The maximum Gasteiger partial charge on any atom is 0.126 e. The molecule has 0 aliphatic rings. The number of halogens is 1. The first-order valence-corrected chi connectivity index (χ1v) is 7.24. The highest BCUT2D eigenvalue weighted by Crippen LogP contribution is 2.26. The topological polar surface area (TPSA) is 29.5 Å². The Kier molecular flexibility index (Phi) is 5.90. The Bertz CT molecular complexity index is 526. The number of benzene rings is 2. The van der Waals surface area contributed by atoms with Crippen LogP contribution in [0, 0.1) is 0 Å². The molecule has 0 heterocycles. The van der Waals surface area contributed by atoms with E-state index in [2.05, 4.69) is 24.3 Å². The maximum absolute atomic E-state index is 9.29. The van der Waals surface area contributed by atoms with E-state index in [1.165, 1.54) is 5.56 Å². The summed E-state index contributed by atoms with van der Waals surface area (Å²) < 4.78 is 5.70. The van der Waals surface area contributed by atoms with Gasteiger partial charge in [-0.3, -0.25) is 0 Å². The van der Waals surface area contributed by atoms with Crippen molar-refractivity contribution in [3.05, 3.63) is 64.7 Å². The van der Waals surface area contributed by atoms with E-state index < -0.39 is 0 Å². The first-order chi connectivity index (χ1) is 9.81. The molecule has 0 bridgehead atoms. The molecule has 0 spiro atoms. The summed E-state index contributed by atoms with van der Waals surface area (Å²) in [5, 5.41) is 9.84. The Morgan fingerprint density at radius 2 is 1.75 bits per heavy atom. The second-order valence-electron chi connectivity index (χ2n) is 4.67. The molecule has 0 radical (unpaired) electrons. The zero-order chi connectivity index (χ0) is 14.2. The van der Waals surface area contributed by atoms with E-state index >= 15 is 0 Å². The third kappa shape index (κ3) is 4.26. The van der Waals surface area contributed by atoms with E-state index in [0.717, 1.165) is 19.3 Å². The lowest BCUT2D eigenvalue weighted by Crippen LogP contribution is -2.01. The lowest BCUT2D eigenvalue weighted by molar-refractivity contribution is 0.260. The molecular formula is C17H19ClO2. The van der Waals surface area contributed by atoms with E-state index in [-0.39, 0.29) is 6.61 Å². The van der Waals surface area contributed by atoms with Crippen LogP contribution in [0.15, 0.2) is 48.5 Å². The minimum absolute atomic E-state index is 0.0982. The SMILES string of the molecule is OCc1c(Cl)cccc1OCCCCc1ccccc1. The molecule has 0 fully saturated rings. The summed E-state index contributed by atoms with van der Waals surface area (Å²) in [6, 6.07) is 15.9. The van der Waals surface area contributed by atoms with Crippen LogP contribution in [0.2, 0.25) is 5.02 Å². The number of hydrogen-bond acceptors (Lipinski definition) is 2. The number of aliphatic hydroxyl groups excluding tert-OH is 1. The first kappa shape index (κ1) is 14.9. The normalized spacial score (nSPS) is 10.5. The quantitative estimate of drug-likeness (QED) is 0.773. The second kappa shape index (κ2) is 7.93. The molecule has 0 saturated carbocycles. The number of hydrogen-bond donors (Lipinski definition) is 1. The van der Waals surface area contributed by atoms with Crippen LogP contribution in [-0.2, 0) is 13.0 Å². The van der Waals surface area contributed by atoms with Gasteiger partial charge in [0.15, 0.2) is 0 Å². The first-order valence-electron chi connectivity index (χ1n) is 6.86. The molecule has 0 aromatic heterocycles. The van der Waals surface area contributed by atoms with Crippen LogP contribution in [0.3, 0.4) is 0 Å². The standard InChI is InChI=1S/C17H19ClO2/c18-16-10-6-11-17(15(16)13-19)20-12-5-4-9-14-7-2-1-3-8-14/h1-3,6-8,10-11,19H,4-5,9,12-13H2. The molecule has 2 rings (SSSR count). The fraction of sp³-hybridized carbons (Fsp3) is 0.294. The van der Waals surface area contributed by atoms with Gasteiger partial charge in [-0.25, -0.2) is 0 Å². The molecule has 0 amide bonds. The minimum atomic E-state index is -0.0982. The van der Waals surface area contributed by atoms with Crippen LogP contribution < -0.4 is 4.74 Å². The van der Waals surface area contributed by atoms with Crippen molar-refractivity contribution in [3.8, 4) is 5.75 Å².